The second-order valence-electron chi connectivity index (χ2n) is 3.34. The van der Waals surface area contributed by atoms with Crippen LogP contribution in [0.4, 0.5) is 17.6 Å². The summed E-state index contributed by atoms with van der Waals surface area (Å²) in [7, 11) is 0. The molecule has 0 bridgehead atoms. The van der Waals surface area contributed by atoms with Gasteiger partial charge in [-0.15, -0.1) is 0 Å². The molecule has 1 heterocycles. The molecule has 0 unspecified atom stereocenters. The summed E-state index contributed by atoms with van der Waals surface area (Å²) in [5.74, 6) is -0.684. The molecule has 1 aromatic rings. The highest BCUT2D eigenvalue weighted by Gasteiger charge is 2.66. The number of halogens is 4. The number of alkyl halides is 4. The molecule has 0 saturated heterocycles. The van der Waals surface area contributed by atoms with Gasteiger partial charge >= 0.3 is 12.2 Å². The van der Waals surface area contributed by atoms with E-state index in [1.807, 2.05) is 0 Å². The third-order valence-corrected chi connectivity index (χ3v) is 2.25. The van der Waals surface area contributed by atoms with Gasteiger partial charge in [-0.3, -0.25) is 0 Å². The lowest BCUT2D eigenvalue weighted by Crippen LogP contribution is -2.52. The van der Waals surface area contributed by atoms with Crippen LogP contribution in [0.25, 0.3) is 0 Å². The number of ether oxygens (including phenoxy) is 2. The first-order chi connectivity index (χ1) is 7.37. The summed E-state index contributed by atoms with van der Waals surface area (Å²) in [4.78, 5) is 0. The highest BCUT2D eigenvalue weighted by Crippen LogP contribution is 2.48. The summed E-state index contributed by atoms with van der Waals surface area (Å²) in [6.07, 6.45) is -8.91. The van der Waals surface area contributed by atoms with Gasteiger partial charge in [0.2, 0.25) is 0 Å². The summed E-state index contributed by atoms with van der Waals surface area (Å²) in [5, 5.41) is 0. The average Bonchev–Trinajstić information content (AvgIpc) is 2.18. The molecule has 0 aromatic heterocycles. The first-order valence-corrected chi connectivity index (χ1v) is 4.63. The molecule has 0 aliphatic carbocycles. The quantitative estimate of drug-likeness (QED) is 0.697. The highest BCUT2D eigenvalue weighted by atomic mass is 19.3. The van der Waals surface area contributed by atoms with E-state index < -0.39 is 12.2 Å². The van der Waals surface area contributed by atoms with Crippen LogP contribution in [0.3, 0.4) is 0 Å². The van der Waals surface area contributed by atoms with Crippen molar-refractivity contribution >= 4 is 0 Å². The molecule has 2 rings (SSSR count). The summed E-state index contributed by atoms with van der Waals surface area (Å²) >= 11 is 0. The first kappa shape index (κ1) is 11.0. The van der Waals surface area contributed by atoms with Crippen molar-refractivity contribution in [1.82, 2.24) is 0 Å². The minimum atomic E-state index is -4.65. The number of rotatable bonds is 1. The SMILES string of the molecule is CCc1cccc2c1OC(F)(F)C(F)(F)O2. The van der Waals surface area contributed by atoms with Crippen molar-refractivity contribution in [2.75, 3.05) is 0 Å². The van der Waals surface area contributed by atoms with Gasteiger partial charge in [0, 0.05) is 0 Å². The number of para-hydroxylation sites is 1. The molecule has 1 aliphatic rings. The standard InChI is InChI=1S/C10H8F4O2/c1-2-6-4-3-5-7-8(6)16-10(13,14)9(11,12)15-7/h3-5H,2H2,1H3. The predicted octanol–water partition coefficient (Wildman–Crippen LogP) is 3.21. The van der Waals surface area contributed by atoms with Crippen LogP contribution < -0.4 is 9.47 Å². The van der Waals surface area contributed by atoms with Gasteiger partial charge < -0.3 is 9.47 Å². The van der Waals surface area contributed by atoms with Crippen LogP contribution in [0.5, 0.6) is 11.5 Å². The van der Waals surface area contributed by atoms with E-state index in [-0.39, 0.29) is 11.5 Å². The molecule has 0 amide bonds. The zero-order valence-electron chi connectivity index (χ0n) is 8.27. The normalized spacial score (nSPS) is 20.6. The van der Waals surface area contributed by atoms with Crippen molar-refractivity contribution in [1.29, 1.82) is 0 Å². The number of hydrogen-bond donors (Lipinski definition) is 0. The Morgan fingerprint density at radius 2 is 1.69 bits per heavy atom. The third-order valence-electron chi connectivity index (χ3n) is 2.25. The topological polar surface area (TPSA) is 18.5 Å². The smallest absolute Gasteiger partial charge is 0.421 e. The average molecular weight is 236 g/mol. The Morgan fingerprint density at radius 3 is 2.31 bits per heavy atom. The first-order valence-electron chi connectivity index (χ1n) is 4.63. The lowest BCUT2D eigenvalue weighted by Gasteiger charge is -2.32. The molecule has 0 atom stereocenters. The van der Waals surface area contributed by atoms with Crippen LogP contribution in [-0.2, 0) is 6.42 Å². The zero-order valence-corrected chi connectivity index (χ0v) is 8.27. The minimum absolute atomic E-state index is 0.319. The number of fused-ring (bicyclic) bond motifs is 1. The Kier molecular flexibility index (Phi) is 2.25. The number of hydrogen-bond acceptors (Lipinski definition) is 2. The maximum Gasteiger partial charge on any atom is 0.507 e. The van der Waals surface area contributed by atoms with Gasteiger partial charge in [-0.05, 0) is 18.1 Å². The Morgan fingerprint density at radius 1 is 1.06 bits per heavy atom. The van der Waals surface area contributed by atoms with Crippen LogP contribution in [0.1, 0.15) is 12.5 Å². The fraction of sp³-hybridized carbons (Fsp3) is 0.400. The van der Waals surface area contributed by atoms with E-state index in [2.05, 4.69) is 9.47 Å². The van der Waals surface area contributed by atoms with E-state index in [1.165, 1.54) is 12.1 Å². The van der Waals surface area contributed by atoms with Crippen molar-refractivity contribution in [2.45, 2.75) is 25.6 Å². The Hall–Kier alpha value is -1.46. The molecule has 16 heavy (non-hydrogen) atoms. The van der Waals surface area contributed by atoms with E-state index in [1.54, 1.807) is 6.92 Å². The molecule has 0 fully saturated rings. The Bertz CT molecular complexity index is 417. The number of benzene rings is 1. The Balaban J connectivity index is 2.51. The summed E-state index contributed by atoms with van der Waals surface area (Å²) in [6, 6.07) is 4.12. The van der Waals surface area contributed by atoms with Crippen molar-refractivity contribution < 1.29 is 27.0 Å². The second-order valence-corrected chi connectivity index (χ2v) is 3.34. The largest absolute Gasteiger partial charge is 0.507 e. The fourth-order valence-electron chi connectivity index (χ4n) is 1.42. The van der Waals surface area contributed by atoms with Gasteiger partial charge in [-0.1, -0.05) is 19.1 Å². The molecule has 0 N–H and O–H groups in total. The molecular formula is C10H8F4O2. The lowest BCUT2D eigenvalue weighted by atomic mass is 10.1. The van der Waals surface area contributed by atoms with E-state index >= 15 is 0 Å². The molecule has 0 spiro atoms. The zero-order chi connectivity index (χ0) is 12.0. The summed E-state index contributed by atoms with van der Waals surface area (Å²) in [5.41, 5.74) is 0.396. The molecule has 0 radical (unpaired) electrons. The molecule has 6 heteroatoms. The molecule has 88 valence electrons. The van der Waals surface area contributed by atoms with Gasteiger partial charge in [0.1, 0.15) is 0 Å². The van der Waals surface area contributed by atoms with Crippen LogP contribution in [0.2, 0.25) is 0 Å². The lowest BCUT2D eigenvalue weighted by molar-refractivity contribution is -0.391. The van der Waals surface area contributed by atoms with Gasteiger partial charge in [0.25, 0.3) is 0 Å². The molecule has 0 saturated carbocycles. The van der Waals surface area contributed by atoms with E-state index in [0.717, 1.165) is 6.07 Å². The van der Waals surface area contributed by atoms with Gasteiger partial charge in [0.15, 0.2) is 11.5 Å². The minimum Gasteiger partial charge on any atom is -0.421 e. The van der Waals surface area contributed by atoms with Crippen molar-refractivity contribution in [3.8, 4) is 11.5 Å². The van der Waals surface area contributed by atoms with E-state index in [0.29, 0.717) is 12.0 Å². The van der Waals surface area contributed by atoms with E-state index in [4.69, 9.17) is 0 Å². The maximum atomic E-state index is 12.9. The molecule has 2 nitrogen and oxygen atoms in total. The van der Waals surface area contributed by atoms with Gasteiger partial charge in [0.05, 0.1) is 0 Å². The van der Waals surface area contributed by atoms with Gasteiger partial charge in [-0.2, -0.15) is 17.6 Å². The van der Waals surface area contributed by atoms with Crippen LogP contribution in [0, 0.1) is 0 Å². The van der Waals surface area contributed by atoms with Crippen molar-refractivity contribution in [2.24, 2.45) is 0 Å². The van der Waals surface area contributed by atoms with Crippen LogP contribution >= 0.6 is 0 Å². The van der Waals surface area contributed by atoms with Crippen LogP contribution in [0.15, 0.2) is 18.2 Å². The Labute approximate surface area is 88.8 Å². The monoisotopic (exact) mass is 236 g/mol. The molecular weight excluding hydrogens is 228 g/mol. The maximum absolute atomic E-state index is 12.9. The predicted molar refractivity (Wildman–Crippen MR) is 47.0 cm³/mol. The fourth-order valence-corrected chi connectivity index (χ4v) is 1.42. The highest BCUT2D eigenvalue weighted by molar-refractivity contribution is 5.48. The number of aryl methyl sites for hydroxylation is 1. The summed E-state index contributed by atoms with van der Waals surface area (Å²) < 4.78 is 59.4. The third kappa shape index (κ3) is 1.48. The van der Waals surface area contributed by atoms with Gasteiger partial charge in [-0.25, -0.2) is 0 Å². The molecule has 1 aromatic carbocycles. The molecule has 1 aliphatic heterocycles. The van der Waals surface area contributed by atoms with Crippen molar-refractivity contribution in [3.63, 3.8) is 0 Å². The second kappa shape index (κ2) is 3.26. The van der Waals surface area contributed by atoms with Crippen molar-refractivity contribution in [3.05, 3.63) is 23.8 Å². The van der Waals surface area contributed by atoms with E-state index in [9.17, 15) is 17.6 Å². The summed E-state index contributed by atoms with van der Waals surface area (Å²) in [6.45, 7) is 1.70. The van der Waals surface area contributed by atoms with Crippen LogP contribution in [-0.4, -0.2) is 12.2 Å².